The van der Waals surface area contributed by atoms with Gasteiger partial charge in [0.1, 0.15) is 5.54 Å². The fourth-order valence-electron chi connectivity index (χ4n) is 1.62. The Balaban J connectivity index is 0.000001000. The first-order chi connectivity index (χ1) is 4.60. The van der Waals surface area contributed by atoms with Gasteiger partial charge in [-0.25, -0.2) is 0 Å². The van der Waals surface area contributed by atoms with E-state index in [-0.39, 0.29) is 12.4 Å². The van der Waals surface area contributed by atoms with Crippen LogP contribution in [0.2, 0.25) is 0 Å². The van der Waals surface area contributed by atoms with Crippen LogP contribution in [-0.4, -0.2) is 23.7 Å². The highest BCUT2D eigenvalue weighted by atomic mass is 35.5. The van der Waals surface area contributed by atoms with Gasteiger partial charge in [0.25, 0.3) is 0 Å². The summed E-state index contributed by atoms with van der Waals surface area (Å²) in [4.78, 5) is 10.6. The summed E-state index contributed by atoms with van der Waals surface area (Å²) in [6.45, 7) is 2.07. The van der Waals surface area contributed by atoms with Crippen molar-refractivity contribution in [3.05, 3.63) is 0 Å². The Morgan fingerprint density at radius 2 is 2.09 bits per heavy atom. The van der Waals surface area contributed by atoms with E-state index < -0.39 is 11.5 Å². The van der Waals surface area contributed by atoms with Gasteiger partial charge in [0.2, 0.25) is 0 Å². The lowest BCUT2D eigenvalue weighted by molar-refractivity contribution is -0.150. The van der Waals surface area contributed by atoms with E-state index >= 15 is 0 Å². The molecule has 0 radical (unpaired) electrons. The summed E-state index contributed by atoms with van der Waals surface area (Å²) in [5, 5.41) is 11.6. The van der Waals surface area contributed by atoms with Crippen LogP contribution in [0, 0.1) is 5.92 Å². The molecule has 0 aromatic heterocycles. The molecule has 4 heteroatoms. The van der Waals surface area contributed by atoms with Crippen LogP contribution < -0.4 is 5.32 Å². The predicted octanol–water partition coefficient (Wildman–Crippen LogP) is 0.881. The van der Waals surface area contributed by atoms with Crippen molar-refractivity contribution in [1.82, 2.24) is 5.32 Å². The quantitative estimate of drug-likeness (QED) is 0.662. The fourth-order valence-corrected chi connectivity index (χ4v) is 1.62. The molecular formula is C7H14ClNO2. The molecule has 0 atom stereocenters. The van der Waals surface area contributed by atoms with E-state index in [0.717, 1.165) is 12.8 Å². The van der Waals surface area contributed by atoms with Crippen LogP contribution in [0.4, 0.5) is 0 Å². The standard InChI is InChI=1S/C7H13NO2.ClH/c1-5-3-7(4-5,8-2)6(9)10;/h5,8H,3-4H2,1-2H3,(H,9,10);1H. The van der Waals surface area contributed by atoms with Gasteiger partial charge in [-0.2, -0.15) is 0 Å². The van der Waals surface area contributed by atoms with Gasteiger partial charge >= 0.3 is 5.97 Å². The summed E-state index contributed by atoms with van der Waals surface area (Å²) >= 11 is 0. The van der Waals surface area contributed by atoms with E-state index in [1.807, 2.05) is 0 Å². The maximum Gasteiger partial charge on any atom is 0.323 e. The molecule has 0 heterocycles. The van der Waals surface area contributed by atoms with Gasteiger partial charge in [-0.15, -0.1) is 12.4 Å². The van der Waals surface area contributed by atoms with Crippen molar-refractivity contribution in [2.24, 2.45) is 5.92 Å². The van der Waals surface area contributed by atoms with Crippen LogP contribution in [-0.2, 0) is 4.79 Å². The average molecular weight is 180 g/mol. The highest BCUT2D eigenvalue weighted by molar-refractivity contribution is 5.85. The molecule has 66 valence electrons. The number of hydrogen-bond donors (Lipinski definition) is 2. The molecule has 1 aliphatic carbocycles. The first kappa shape index (κ1) is 10.7. The monoisotopic (exact) mass is 179 g/mol. The van der Waals surface area contributed by atoms with Crippen LogP contribution in [0.15, 0.2) is 0 Å². The SMILES string of the molecule is CNC1(C(=O)O)CC(C)C1.Cl. The van der Waals surface area contributed by atoms with Crippen molar-refractivity contribution in [2.45, 2.75) is 25.3 Å². The molecular weight excluding hydrogens is 166 g/mol. The fraction of sp³-hybridized carbons (Fsp3) is 0.857. The zero-order valence-corrected chi connectivity index (χ0v) is 7.57. The highest BCUT2D eigenvalue weighted by Crippen LogP contribution is 2.37. The zero-order valence-electron chi connectivity index (χ0n) is 6.76. The van der Waals surface area contributed by atoms with Gasteiger partial charge in [0.15, 0.2) is 0 Å². The summed E-state index contributed by atoms with van der Waals surface area (Å²) in [5.41, 5.74) is -0.598. The Morgan fingerprint density at radius 1 is 1.64 bits per heavy atom. The van der Waals surface area contributed by atoms with Crippen LogP contribution in [0.3, 0.4) is 0 Å². The van der Waals surface area contributed by atoms with Gasteiger partial charge in [-0.1, -0.05) is 6.92 Å². The van der Waals surface area contributed by atoms with Gasteiger partial charge in [0, 0.05) is 0 Å². The second-order valence-electron chi connectivity index (χ2n) is 3.15. The van der Waals surface area contributed by atoms with Crippen molar-refractivity contribution < 1.29 is 9.90 Å². The third-order valence-corrected chi connectivity index (χ3v) is 2.28. The Morgan fingerprint density at radius 3 is 2.18 bits per heavy atom. The van der Waals surface area contributed by atoms with E-state index in [1.165, 1.54) is 0 Å². The van der Waals surface area contributed by atoms with Crippen LogP contribution in [0.25, 0.3) is 0 Å². The zero-order chi connectivity index (χ0) is 7.78. The second kappa shape index (κ2) is 3.41. The lowest BCUT2D eigenvalue weighted by Crippen LogP contribution is -2.58. The number of carboxylic acids is 1. The van der Waals surface area contributed by atoms with E-state index in [0.29, 0.717) is 5.92 Å². The molecule has 0 spiro atoms. The van der Waals surface area contributed by atoms with Gasteiger partial charge < -0.3 is 10.4 Å². The number of carboxylic acid groups (broad SMARTS) is 1. The molecule has 0 amide bonds. The molecule has 0 aromatic carbocycles. The molecule has 0 saturated heterocycles. The number of halogens is 1. The lowest BCUT2D eigenvalue weighted by Gasteiger charge is -2.42. The summed E-state index contributed by atoms with van der Waals surface area (Å²) in [6.07, 6.45) is 1.53. The molecule has 1 saturated carbocycles. The Hall–Kier alpha value is -0.280. The summed E-state index contributed by atoms with van der Waals surface area (Å²) in [7, 11) is 1.71. The Labute approximate surface area is 72.6 Å². The minimum absolute atomic E-state index is 0. The van der Waals surface area contributed by atoms with Crippen LogP contribution >= 0.6 is 12.4 Å². The number of aliphatic carboxylic acids is 1. The van der Waals surface area contributed by atoms with Crippen molar-refractivity contribution in [1.29, 1.82) is 0 Å². The van der Waals surface area contributed by atoms with Gasteiger partial charge in [-0.05, 0) is 25.8 Å². The molecule has 0 bridgehead atoms. The minimum atomic E-state index is -0.715. The van der Waals surface area contributed by atoms with Crippen molar-refractivity contribution in [2.75, 3.05) is 7.05 Å². The number of carbonyl (C=O) groups is 1. The van der Waals surface area contributed by atoms with E-state index in [9.17, 15) is 4.79 Å². The van der Waals surface area contributed by atoms with Crippen molar-refractivity contribution >= 4 is 18.4 Å². The normalized spacial score (nSPS) is 35.3. The lowest BCUT2D eigenvalue weighted by atomic mass is 9.69. The molecule has 0 aromatic rings. The first-order valence-electron chi connectivity index (χ1n) is 3.53. The third-order valence-electron chi connectivity index (χ3n) is 2.28. The minimum Gasteiger partial charge on any atom is -0.480 e. The summed E-state index contributed by atoms with van der Waals surface area (Å²) in [6, 6.07) is 0. The Kier molecular flexibility index (Phi) is 3.32. The van der Waals surface area contributed by atoms with Crippen molar-refractivity contribution in [3.63, 3.8) is 0 Å². The van der Waals surface area contributed by atoms with Crippen LogP contribution in [0.5, 0.6) is 0 Å². The molecule has 1 aliphatic rings. The van der Waals surface area contributed by atoms with Gasteiger partial charge in [-0.3, -0.25) is 4.79 Å². The molecule has 3 nitrogen and oxygen atoms in total. The molecule has 0 unspecified atom stereocenters. The first-order valence-corrected chi connectivity index (χ1v) is 3.53. The van der Waals surface area contributed by atoms with Crippen molar-refractivity contribution in [3.8, 4) is 0 Å². The molecule has 11 heavy (non-hydrogen) atoms. The largest absolute Gasteiger partial charge is 0.480 e. The third kappa shape index (κ3) is 1.65. The summed E-state index contributed by atoms with van der Waals surface area (Å²) < 4.78 is 0. The molecule has 1 rings (SSSR count). The predicted molar refractivity (Wildman–Crippen MR) is 45.1 cm³/mol. The number of nitrogens with one attached hydrogen (secondary N) is 1. The maximum absolute atomic E-state index is 10.6. The van der Waals surface area contributed by atoms with E-state index in [1.54, 1.807) is 7.05 Å². The maximum atomic E-state index is 10.6. The summed E-state index contributed by atoms with van der Waals surface area (Å²) in [5.74, 6) is -0.156. The van der Waals surface area contributed by atoms with E-state index in [2.05, 4.69) is 12.2 Å². The average Bonchev–Trinajstić information content (AvgIpc) is 1.79. The smallest absolute Gasteiger partial charge is 0.323 e. The highest BCUT2D eigenvalue weighted by Gasteiger charge is 2.47. The molecule has 1 fully saturated rings. The number of likely N-dealkylation sites (N-methyl/N-ethyl adjacent to an activating group) is 1. The van der Waals surface area contributed by atoms with Crippen LogP contribution in [0.1, 0.15) is 19.8 Å². The Bertz CT molecular complexity index is 155. The molecule has 0 aliphatic heterocycles. The number of hydrogen-bond acceptors (Lipinski definition) is 2. The topological polar surface area (TPSA) is 49.3 Å². The van der Waals surface area contributed by atoms with E-state index in [4.69, 9.17) is 5.11 Å². The number of rotatable bonds is 2. The van der Waals surface area contributed by atoms with Gasteiger partial charge in [0.05, 0.1) is 0 Å². The second-order valence-corrected chi connectivity index (χ2v) is 3.15. The molecule has 2 N–H and O–H groups in total.